The third kappa shape index (κ3) is 5.10. The van der Waals surface area contributed by atoms with Crippen LogP contribution in [0.1, 0.15) is 24.0 Å². The first-order chi connectivity index (χ1) is 13.8. The van der Waals surface area contributed by atoms with Crippen LogP contribution in [-0.2, 0) is 21.4 Å². The van der Waals surface area contributed by atoms with E-state index in [-0.39, 0.29) is 23.1 Å². The summed E-state index contributed by atoms with van der Waals surface area (Å²) in [5, 5.41) is 3.24. The van der Waals surface area contributed by atoms with Crippen molar-refractivity contribution in [3.05, 3.63) is 58.6 Å². The van der Waals surface area contributed by atoms with Crippen LogP contribution in [-0.4, -0.2) is 38.8 Å². The number of carbonyl (C=O) groups is 1. The molecule has 0 saturated carbocycles. The van der Waals surface area contributed by atoms with Crippen LogP contribution in [0.2, 0.25) is 5.02 Å². The fraction of sp³-hybridized carbons (Fsp3) is 0.381. The van der Waals surface area contributed by atoms with Gasteiger partial charge in [-0.25, -0.2) is 8.42 Å². The summed E-state index contributed by atoms with van der Waals surface area (Å²) in [6, 6.07) is 12.4. The van der Waals surface area contributed by atoms with E-state index in [0.717, 1.165) is 11.1 Å². The first kappa shape index (κ1) is 21.6. The lowest BCUT2D eigenvalue weighted by molar-refractivity contribution is -0.126. The molecule has 0 bridgehead atoms. The van der Waals surface area contributed by atoms with E-state index in [1.165, 1.54) is 23.5 Å². The van der Waals surface area contributed by atoms with Gasteiger partial charge in [0.25, 0.3) is 0 Å². The highest BCUT2D eigenvalue weighted by Crippen LogP contribution is 2.32. The normalized spacial score (nSPS) is 17.7. The number of aryl methyl sites for hydroxylation is 1. The Morgan fingerprint density at radius 3 is 2.66 bits per heavy atom. The summed E-state index contributed by atoms with van der Waals surface area (Å²) in [6.07, 6.45) is 1.27. The predicted octanol–water partition coefficient (Wildman–Crippen LogP) is 3.37. The van der Waals surface area contributed by atoms with Gasteiger partial charge in [0.1, 0.15) is 10.6 Å². The van der Waals surface area contributed by atoms with Crippen LogP contribution in [0.5, 0.6) is 5.75 Å². The number of hydrogen-bond acceptors (Lipinski definition) is 4. The van der Waals surface area contributed by atoms with E-state index in [2.05, 4.69) is 5.32 Å². The number of halogens is 1. The number of ether oxygens (including phenoxy) is 1. The maximum atomic E-state index is 13.2. The Labute approximate surface area is 176 Å². The number of nitrogens with zero attached hydrogens (tertiary/aromatic N) is 1. The van der Waals surface area contributed by atoms with Gasteiger partial charge in [-0.05, 0) is 43.5 Å². The summed E-state index contributed by atoms with van der Waals surface area (Å²) in [7, 11) is -2.41. The largest absolute Gasteiger partial charge is 0.495 e. The van der Waals surface area contributed by atoms with Gasteiger partial charge in [0, 0.05) is 24.7 Å². The predicted molar refractivity (Wildman–Crippen MR) is 113 cm³/mol. The first-order valence-electron chi connectivity index (χ1n) is 9.48. The van der Waals surface area contributed by atoms with Crippen LogP contribution < -0.4 is 10.1 Å². The molecular formula is C21H25ClN2O4S. The van der Waals surface area contributed by atoms with Crippen molar-refractivity contribution in [2.75, 3.05) is 20.2 Å². The molecule has 0 aromatic heterocycles. The fourth-order valence-electron chi connectivity index (χ4n) is 3.41. The molecule has 6 nitrogen and oxygen atoms in total. The van der Waals surface area contributed by atoms with E-state index in [1.54, 1.807) is 6.07 Å². The molecular weight excluding hydrogens is 412 g/mol. The molecule has 1 heterocycles. The molecule has 2 aromatic rings. The van der Waals surface area contributed by atoms with Crippen molar-refractivity contribution >= 4 is 27.5 Å². The second-order valence-electron chi connectivity index (χ2n) is 7.20. The highest BCUT2D eigenvalue weighted by Gasteiger charge is 2.34. The molecule has 1 fully saturated rings. The van der Waals surface area contributed by atoms with Crippen LogP contribution in [0.15, 0.2) is 47.4 Å². The van der Waals surface area contributed by atoms with Crippen LogP contribution in [0.3, 0.4) is 0 Å². The van der Waals surface area contributed by atoms with Crippen LogP contribution in [0, 0.1) is 12.8 Å². The Balaban J connectivity index is 1.70. The first-order valence-corrected chi connectivity index (χ1v) is 11.3. The van der Waals surface area contributed by atoms with Crippen molar-refractivity contribution < 1.29 is 17.9 Å². The molecule has 0 aliphatic carbocycles. The molecule has 1 aliphatic rings. The average Bonchev–Trinajstić information content (AvgIpc) is 2.73. The fourth-order valence-corrected chi connectivity index (χ4v) is 5.35. The van der Waals surface area contributed by atoms with Gasteiger partial charge in [-0.2, -0.15) is 4.31 Å². The molecule has 0 radical (unpaired) electrons. The zero-order chi connectivity index (χ0) is 21.0. The number of sulfonamides is 1. The van der Waals surface area contributed by atoms with E-state index in [4.69, 9.17) is 16.3 Å². The number of nitrogens with one attached hydrogen (secondary N) is 1. The third-order valence-electron chi connectivity index (χ3n) is 5.09. The molecule has 8 heteroatoms. The molecule has 156 valence electrons. The molecule has 1 aliphatic heterocycles. The Kier molecular flexibility index (Phi) is 6.82. The summed E-state index contributed by atoms with van der Waals surface area (Å²) in [4.78, 5) is 12.7. The topological polar surface area (TPSA) is 75.7 Å². The number of hydrogen-bond donors (Lipinski definition) is 1. The van der Waals surface area contributed by atoms with Gasteiger partial charge in [0.15, 0.2) is 0 Å². The van der Waals surface area contributed by atoms with Crippen molar-refractivity contribution in [1.29, 1.82) is 0 Å². The van der Waals surface area contributed by atoms with Crippen LogP contribution in [0.4, 0.5) is 0 Å². The number of carbonyl (C=O) groups excluding carboxylic acids is 1. The minimum absolute atomic E-state index is 0.0215. The van der Waals surface area contributed by atoms with E-state index < -0.39 is 15.9 Å². The maximum Gasteiger partial charge on any atom is 0.246 e. The second-order valence-corrected chi connectivity index (χ2v) is 9.54. The molecule has 1 N–H and O–H groups in total. The highest BCUT2D eigenvalue weighted by atomic mass is 35.5. The SMILES string of the molecule is COc1ccc(Cl)cc1S(=O)(=O)N1CCC[C@@H](C(=O)NCc2ccc(C)cc2)C1. The number of methoxy groups -OCH3 is 1. The summed E-state index contributed by atoms with van der Waals surface area (Å²) < 4.78 is 32.9. The van der Waals surface area contributed by atoms with Crippen molar-refractivity contribution in [1.82, 2.24) is 9.62 Å². The lowest BCUT2D eigenvalue weighted by atomic mass is 9.98. The van der Waals surface area contributed by atoms with E-state index >= 15 is 0 Å². The Morgan fingerprint density at radius 1 is 1.24 bits per heavy atom. The van der Waals surface area contributed by atoms with Crippen molar-refractivity contribution in [3.8, 4) is 5.75 Å². The van der Waals surface area contributed by atoms with E-state index in [0.29, 0.717) is 31.0 Å². The van der Waals surface area contributed by atoms with Crippen LogP contribution in [0.25, 0.3) is 0 Å². The van der Waals surface area contributed by atoms with Crippen molar-refractivity contribution in [2.45, 2.75) is 31.2 Å². The Bertz CT molecular complexity index is 977. The number of benzene rings is 2. The average molecular weight is 437 g/mol. The lowest BCUT2D eigenvalue weighted by Gasteiger charge is -2.31. The zero-order valence-corrected chi connectivity index (χ0v) is 18.1. The summed E-state index contributed by atoms with van der Waals surface area (Å²) in [6.45, 7) is 2.93. The molecule has 3 rings (SSSR count). The highest BCUT2D eigenvalue weighted by molar-refractivity contribution is 7.89. The maximum absolute atomic E-state index is 13.2. The third-order valence-corrected chi connectivity index (χ3v) is 7.21. The molecule has 0 unspecified atom stereocenters. The minimum atomic E-state index is -3.82. The molecule has 1 atom stereocenters. The van der Waals surface area contributed by atoms with E-state index in [1.807, 2.05) is 31.2 Å². The Morgan fingerprint density at radius 2 is 1.97 bits per heavy atom. The minimum Gasteiger partial charge on any atom is -0.495 e. The van der Waals surface area contributed by atoms with E-state index in [9.17, 15) is 13.2 Å². The van der Waals surface area contributed by atoms with Crippen LogP contribution >= 0.6 is 11.6 Å². The Hall–Kier alpha value is -2.09. The summed E-state index contributed by atoms with van der Waals surface area (Å²) >= 11 is 6.00. The molecule has 29 heavy (non-hydrogen) atoms. The van der Waals surface area contributed by atoms with Crippen molar-refractivity contribution in [2.24, 2.45) is 5.92 Å². The zero-order valence-electron chi connectivity index (χ0n) is 16.5. The molecule has 0 spiro atoms. The summed E-state index contributed by atoms with van der Waals surface area (Å²) in [5.41, 5.74) is 2.16. The van der Waals surface area contributed by atoms with Gasteiger partial charge in [-0.1, -0.05) is 41.4 Å². The lowest BCUT2D eigenvalue weighted by Crippen LogP contribution is -2.45. The summed E-state index contributed by atoms with van der Waals surface area (Å²) in [5.74, 6) is -0.293. The van der Waals surface area contributed by atoms with Crippen molar-refractivity contribution in [3.63, 3.8) is 0 Å². The quantitative estimate of drug-likeness (QED) is 0.753. The number of amides is 1. The molecule has 1 saturated heterocycles. The number of rotatable bonds is 6. The molecule has 1 amide bonds. The van der Waals surface area contributed by atoms with Gasteiger partial charge in [0.05, 0.1) is 13.0 Å². The van der Waals surface area contributed by atoms with Gasteiger partial charge in [0.2, 0.25) is 15.9 Å². The monoisotopic (exact) mass is 436 g/mol. The molecule has 2 aromatic carbocycles. The van der Waals surface area contributed by atoms with Gasteiger partial charge < -0.3 is 10.1 Å². The van der Waals surface area contributed by atoms with Gasteiger partial charge >= 0.3 is 0 Å². The standard InChI is InChI=1S/C21H25ClN2O4S/c1-15-5-7-16(8-6-15)13-23-21(25)17-4-3-11-24(14-17)29(26,27)20-12-18(22)9-10-19(20)28-2/h5-10,12,17H,3-4,11,13-14H2,1-2H3,(H,23,25)/t17-/m1/s1. The second kappa shape index (κ2) is 9.15. The van der Waals surface area contributed by atoms with Gasteiger partial charge in [-0.15, -0.1) is 0 Å². The smallest absolute Gasteiger partial charge is 0.246 e. The number of piperidine rings is 1. The van der Waals surface area contributed by atoms with Gasteiger partial charge in [-0.3, -0.25) is 4.79 Å².